The van der Waals surface area contributed by atoms with Crippen LogP contribution in [0.25, 0.3) is 55.2 Å². The van der Waals surface area contributed by atoms with Crippen molar-refractivity contribution < 1.29 is 0 Å². The van der Waals surface area contributed by atoms with Crippen LogP contribution in [0.5, 0.6) is 0 Å². The average molecular weight is 545 g/mol. The zero-order chi connectivity index (χ0) is 28.5. The molecule has 2 nitrogen and oxygen atoms in total. The lowest BCUT2D eigenvalue weighted by Gasteiger charge is -2.27. The van der Waals surface area contributed by atoms with Gasteiger partial charge in [-0.25, -0.2) is 0 Å². The van der Waals surface area contributed by atoms with Gasteiger partial charge < -0.3 is 9.13 Å². The van der Waals surface area contributed by atoms with E-state index in [2.05, 4.69) is 146 Å². The summed E-state index contributed by atoms with van der Waals surface area (Å²) in [6, 6.07) is 40.5. The Morgan fingerprint density at radius 3 is 1.57 bits per heavy atom. The SMILES string of the molecule is Cc1cc(-n2c3c(c4ccccc42)CC(C)CC3C)ccc1-c1ccc(-n2c3ccccc3c3ccccc32)cc1C. The van der Waals surface area contributed by atoms with E-state index < -0.39 is 0 Å². The van der Waals surface area contributed by atoms with Crippen LogP contribution in [0.1, 0.15) is 48.6 Å². The lowest BCUT2D eigenvalue weighted by atomic mass is 9.81. The first-order valence-electron chi connectivity index (χ1n) is 15.3. The fraction of sp³-hybridized carbons (Fsp3) is 0.200. The van der Waals surface area contributed by atoms with Crippen molar-refractivity contribution in [1.82, 2.24) is 9.13 Å². The summed E-state index contributed by atoms with van der Waals surface area (Å²) in [6.45, 7) is 9.33. The van der Waals surface area contributed by atoms with Crippen LogP contribution in [0, 0.1) is 19.8 Å². The summed E-state index contributed by atoms with van der Waals surface area (Å²) in [5.74, 6) is 1.27. The molecule has 0 saturated carbocycles. The van der Waals surface area contributed by atoms with Gasteiger partial charge in [-0.2, -0.15) is 0 Å². The van der Waals surface area contributed by atoms with E-state index in [0.717, 1.165) is 5.92 Å². The second-order valence-electron chi connectivity index (χ2n) is 12.5. The molecular weight excluding hydrogens is 508 g/mol. The van der Waals surface area contributed by atoms with E-state index in [9.17, 15) is 0 Å². The Balaban J connectivity index is 1.23. The summed E-state index contributed by atoms with van der Waals surface area (Å²) in [6.07, 6.45) is 2.42. The van der Waals surface area contributed by atoms with Crippen molar-refractivity contribution in [3.8, 4) is 22.5 Å². The molecule has 0 spiro atoms. The van der Waals surface area contributed by atoms with Gasteiger partial charge in [0.1, 0.15) is 0 Å². The predicted molar refractivity (Wildman–Crippen MR) is 178 cm³/mol. The Morgan fingerprint density at radius 1 is 0.548 bits per heavy atom. The lowest BCUT2D eigenvalue weighted by Crippen LogP contribution is -2.16. The van der Waals surface area contributed by atoms with E-state index in [1.54, 1.807) is 5.56 Å². The van der Waals surface area contributed by atoms with Crippen molar-refractivity contribution in [1.29, 1.82) is 0 Å². The number of fused-ring (bicyclic) bond motifs is 6. The molecule has 0 saturated heterocycles. The number of aryl methyl sites for hydroxylation is 2. The molecule has 2 heteroatoms. The summed E-state index contributed by atoms with van der Waals surface area (Å²) < 4.78 is 4.95. The minimum absolute atomic E-state index is 0.548. The topological polar surface area (TPSA) is 9.86 Å². The molecule has 8 rings (SSSR count). The van der Waals surface area contributed by atoms with E-state index in [1.807, 2.05) is 0 Å². The molecule has 5 aromatic carbocycles. The number of benzene rings is 5. The van der Waals surface area contributed by atoms with Crippen LogP contribution in [-0.2, 0) is 6.42 Å². The zero-order valence-electron chi connectivity index (χ0n) is 24.9. The highest BCUT2D eigenvalue weighted by Gasteiger charge is 2.29. The molecule has 0 radical (unpaired) electrons. The number of rotatable bonds is 3. The van der Waals surface area contributed by atoms with Gasteiger partial charge in [0.15, 0.2) is 0 Å². The molecule has 1 aliphatic carbocycles. The van der Waals surface area contributed by atoms with Crippen molar-refractivity contribution >= 4 is 32.7 Å². The standard InChI is InChI=1S/C40H36N2/c1-25-21-28(4)40-36(22-25)35-13-7-10-16-39(35)42(40)30-18-20-32(27(3)24-30)31-19-17-29(23-26(31)2)41-37-14-8-5-11-33(37)34-12-6-9-15-38(34)41/h5-20,23-25,28H,21-22H2,1-4H3. The third-order valence-electron chi connectivity index (χ3n) is 9.60. The third-order valence-corrected chi connectivity index (χ3v) is 9.60. The molecular formula is C40H36N2. The Bertz CT molecular complexity index is 2100. The van der Waals surface area contributed by atoms with Gasteiger partial charge in [-0.1, -0.05) is 80.6 Å². The fourth-order valence-electron chi connectivity index (χ4n) is 7.86. The van der Waals surface area contributed by atoms with E-state index in [0.29, 0.717) is 5.92 Å². The molecule has 2 heterocycles. The number of nitrogens with zero attached hydrogens (tertiary/aromatic N) is 2. The summed E-state index contributed by atoms with van der Waals surface area (Å²) in [5.41, 5.74) is 14.6. The molecule has 7 aromatic rings. The van der Waals surface area contributed by atoms with Gasteiger partial charge in [0.2, 0.25) is 0 Å². The van der Waals surface area contributed by atoms with Gasteiger partial charge >= 0.3 is 0 Å². The number of hydrogen-bond acceptors (Lipinski definition) is 0. The Morgan fingerprint density at radius 2 is 1.02 bits per heavy atom. The average Bonchev–Trinajstić information content (AvgIpc) is 3.51. The second-order valence-corrected chi connectivity index (χ2v) is 12.5. The highest BCUT2D eigenvalue weighted by molar-refractivity contribution is 6.09. The lowest BCUT2D eigenvalue weighted by molar-refractivity contribution is 0.442. The van der Waals surface area contributed by atoms with Gasteiger partial charge in [0.25, 0.3) is 0 Å². The van der Waals surface area contributed by atoms with Gasteiger partial charge in [-0.3, -0.25) is 0 Å². The van der Waals surface area contributed by atoms with Crippen LogP contribution in [0.3, 0.4) is 0 Å². The first-order chi connectivity index (χ1) is 20.5. The maximum atomic E-state index is 2.55. The summed E-state index contributed by atoms with van der Waals surface area (Å²) in [4.78, 5) is 0. The number of hydrogen-bond donors (Lipinski definition) is 0. The predicted octanol–water partition coefficient (Wildman–Crippen LogP) is 10.7. The first kappa shape index (κ1) is 25.2. The van der Waals surface area contributed by atoms with Crippen molar-refractivity contribution in [2.75, 3.05) is 0 Å². The van der Waals surface area contributed by atoms with Gasteiger partial charge in [-0.05, 0) is 109 Å². The van der Waals surface area contributed by atoms with Crippen LogP contribution >= 0.6 is 0 Å². The largest absolute Gasteiger partial charge is 0.313 e. The van der Waals surface area contributed by atoms with Crippen molar-refractivity contribution in [3.63, 3.8) is 0 Å². The van der Waals surface area contributed by atoms with Crippen LogP contribution in [0.2, 0.25) is 0 Å². The molecule has 0 fully saturated rings. The monoisotopic (exact) mass is 544 g/mol. The normalized spacial score (nSPS) is 16.9. The molecule has 2 atom stereocenters. The summed E-state index contributed by atoms with van der Waals surface area (Å²) in [5, 5.41) is 4.01. The minimum Gasteiger partial charge on any atom is -0.313 e. The number of aromatic nitrogens is 2. The molecule has 2 aromatic heterocycles. The van der Waals surface area contributed by atoms with Crippen molar-refractivity contribution in [2.24, 2.45) is 5.92 Å². The second kappa shape index (κ2) is 9.49. The summed E-state index contributed by atoms with van der Waals surface area (Å²) in [7, 11) is 0. The van der Waals surface area contributed by atoms with Crippen LogP contribution < -0.4 is 0 Å². The van der Waals surface area contributed by atoms with E-state index >= 15 is 0 Å². The molecule has 2 unspecified atom stereocenters. The molecule has 0 aliphatic heterocycles. The van der Waals surface area contributed by atoms with Crippen molar-refractivity contribution in [2.45, 2.75) is 46.5 Å². The molecule has 0 amide bonds. The molecule has 0 N–H and O–H groups in total. The first-order valence-corrected chi connectivity index (χ1v) is 15.3. The Labute approximate surface area is 247 Å². The number of para-hydroxylation sites is 3. The highest BCUT2D eigenvalue weighted by Crippen LogP contribution is 2.43. The Hall–Kier alpha value is -4.56. The van der Waals surface area contributed by atoms with Gasteiger partial charge in [0, 0.05) is 33.2 Å². The molecule has 0 bridgehead atoms. The minimum atomic E-state index is 0.548. The van der Waals surface area contributed by atoms with E-state index in [4.69, 9.17) is 0 Å². The fourth-order valence-corrected chi connectivity index (χ4v) is 7.86. The molecule has 42 heavy (non-hydrogen) atoms. The Kier molecular flexibility index (Phi) is 5.69. The molecule has 206 valence electrons. The van der Waals surface area contributed by atoms with E-state index in [1.165, 1.54) is 84.9 Å². The van der Waals surface area contributed by atoms with E-state index in [-0.39, 0.29) is 0 Å². The highest BCUT2D eigenvalue weighted by atomic mass is 15.0. The van der Waals surface area contributed by atoms with Crippen LogP contribution in [-0.4, -0.2) is 9.13 Å². The smallest absolute Gasteiger partial charge is 0.0541 e. The van der Waals surface area contributed by atoms with Gasteiger partial charge in [0.05, 0.1) is 16.6 Å². The van der Waals surface area contributed by atoms with Crippen molar-refractivity contribution in [3.05, 3.63) is 132 Å². The zero-order valence-corrected chi connectivity index (χ0v) is 24.9. The third kappa shape index (κ3) is 3.71. The maximum Gasteiger partial charge on any atom is 0.0541 e. The van der Waals surface area contributed by atoms with Crippen LogP contribution in [0.4, 0.5) is 0 Å². The van der Waals surface area contributed by atoms with Gasteiger partial charge in [-0.15, -0.1) is 0 Å². The summed E-state index contributed by atoms with van der Waals surface area (Å²) >= 11 is 0. The quantitative estimate of drug-likeness (QED) is 0.209. The van der Waals surface area contributed by atoms with Crippen LogP contribution in [0.15, 0.2) is 109 Å². The molecule has 1 aliphatic rings. The maximum absolute atomic E-state index is 2.55.